The van der Waals surface area contributed by atoms with Gasteiger partial charge in [-0.3, -0.25) is 0 Å². The van der Waals surface area contributed by atoms with Crippen LogP contribution in [0.15, 0.2) is 42.9 Å². The first-order chi connectivity index (χ1) is 7.83. The maximum atomic E-state index is 5.63. The lowest BCUT2D eigenvalue weighted by molar-refractivity contribution is 1.18. The molecule has 3 N–H and O–H groups in total. The van der Waals surface area contributed by atoms with Crippen molar-refractivity contribution in [3.05, 3.63) is 42.9 Å². The summed E-state index contributed by atoms with van der Waals surface area (Å²) in [7, 11) is 0. The zero-order valence-electron chi connectivity index (χ0n) is 8.51. The fourth-order valence-corrected chi connectivity index (χ4v) is 1.74. The van der Waals surface area contributed by atoms with Crippen LogP contribution in [0.25, 0.3) is 22.2 Å². The minimum atomic E-state index is 0.485. The van der Waals surface area contributed by atoms with Crippen molar-refractivity contribution in [2.75, 3.05) is 5.73 Å². The molecule has 0 aliphatic rings. The molecule has 0 unspecified atom stereocenters. The predicted octanol–water partition coefficient (Wildman–Crippen LogP) is 2.21. The van der Waals surface area contributed by atoms with Gasteiger partial charge in [-0.1, -0.05) is 6.07 Å². The molecule has 4 heteroatoms. The van der Waals surface area contributed by atoms with Crippen molar-refractivity contribution < 1.29 is 0 Å². The van der Waals surface area contributed by atoms with Crippen LogP contribution in [0.3, 0.4) is 0 Å². The molecule has 16 heavy (non-hydrogen) atoms. The largest absolute Gasteiger partial charge is 0.384 e. The molecule has 0 atom stereocenters. The van der Waals surface area contributed by atoms with Gasteiger partial charge in [-0.25, -0.2) is 9.97 Å². The van der Waals surface area contributed by atoms with Crippen molar-refractivity contribution in [3.63, 3.8) is 0 Å². The lowest BCUT2D eigenvalue weighted by Crippen LogP contribution is -1.92. The van der Waals surface area contributed by atoms with E-state index in [9.17, 15) is 0 Å². The first-order valence-electron chi connectivity index (χ1n) is 4.98. The number of hydrogen-bond donors (Lipinski definition) is 2. The molecule has 0 saturated heterocycles. The van der Waals surface area contributed by atoms with E-state index in [1.54, 1.807) is 6.07 Å². The molecule has 78 valence electrons. The molecule has 0 radical (unpaired) electrons. The third-order valence-electron chi connectivity index (χ3n) is 2.54. The van der Waals surface area contributed by atoms with Gasteiger partial charge in [0.1, 0.15) is 12.1 Å². The second-order valence-corrected chi connectivity index (χ2v) is 3.61. The van der Waals surface area contributed by atoms with Crippen LogP contribution in [0.2, 0.25) is 0 Å². The summed E-state index contributed by atoms with van der Waals surface area (Å²) in [6.07, 6.45) is 3.40. The van der Waals surface area contributed by atoms with Crippen molar-refractivity contribution in [1.29, 1.82) is 0 Å². The summed E-state index contributed by atoms with van der Waals surface area (Å²) in [4.78, 5) is 11.2. The number of benzene rings is 1. The molecule has 4 nitrogen and oxygen atoms in total. The third-order valence-corrected chi connectivity index (χ3v) is 2.54. The van der Waals surface area contributed by atoms with Crippen molar-refractivity contribution in [1.82, 2.24) is 15.0 Å². The Morgan fingerprint density at radius 1 is 1.06 bits per heavy atom. The number of H-pyrrole nitrogens is 1. The number of rotatable bonds is 1. The highest BCUT2D eigenvalue weighted by atomic mass is 14.9. The van der Waals surface area contributed by atoms with E-state index in [4.69, 9.17) is 5.73 Å². The molecular weight excluding hydrogens is 200 g/mol. The van der Waals surface area contributed by atoms with Crippen LogP contribution < -0.4 is 5.73 Å². The molecule has 0 spiro atoms. The standard InChI is InChI=1S/C12H10N4/c13-12-6-11(15-7-16-12)8-1-2-10-9(5-8)3-4-14-10/h1-7,14H,(H2,13,15,16). The van der Waals surface area contributed by atoms with E-state index in [1.165, 1.54) is 6.33 Å². The average molecular weight is 210 g/mol. The van der Waals surface area contributed by atoms with Crippen molar-refractivity contribution in [2.24, 2.45) is 0 Å². The number of aromatic amines is 1. The van der Waals surface area contributed by atoms with E-state index in [0.29, 0.717) is 5.82 Å². The first kappa shape index (κ1) is 8.91. The molecule has 2 heterocycles. The van der Waals surface area contributed by atoms with Crippen LogP contribution in [-0.2, 0) is 0 Å². The Hall–Kier alpha value is -2.36. The smallest absolute Gasteiger partial charge is 0.127 e. The fraction of sp³-hybridized carbons (Fsp3) is 0. The topological polar surface area (TPSA) is 67.6 Å². The van der Waals surface area contributed by atoms with Gasteiger partial charge in [0.05, 0.1) is 5.69 Å². The number of nitrogens with zero attached hydrogens (tertiary/aromatic N) is 2. The van der Waals surface area contributed by atoms with Crippen LogP contribution in [0.1, 0.15) is 0 Å². The van der Waals surface area contributed by atoms with Gasteiger partial charge in [-0.2, -0.15) is 0 Å². The number of nitrogen functional groups attached to an aromatic ring is 1. The van der Waals surface area contributed by atoms with Crippen LogP contribution in [0.5, 0.6) is 0 Å². The first-order valence-corrected chi connectivity index (χ1v) is 4.98. The molecule has 0 bridgehead atoms. The quantitative estimate of drug-likeness (QED) is 0.647. The maximum absolute atomic E-state index is 5.63. The minimum Gasteiger partial charge on any atom is -0.384 e. The Bertz CT molecular complexity index is 642. The molecule has 0 amide bonds. The van der Waals surface area contributed by atoms with E-state index in [0.717, 1.165) is 22.2 Å². The monoisotopic (exact) mass is 210 g/mol. The summed E-state index contributed by atoms with van der Waals surface area (Å²) < 4.78 is 0. The summed E-state index contributed by atoms with van der Waals surface area (Å²) in [5, 5.41) is 1.16. The highest BCUT2D eigenvalue weighted by molar-refractivity contribution is 5.84. The van der Waals surface area contributed by atoms with Gasteiger partial charge in [0.15, 0.2) is 0 Å². The van der Waals surface area contributed by atoms with E-state index < -0.39 is 0 Å². The Labute approximate surface area is 92.2 Å². The van der Waals surface area contributed by atoms with Crippen LogP contribution in [0, 0.1) is 0 Å². The highest BCUT2D eigenvalue weighted by Crippen LogP contribution is 2.22. The van der Waals surface area contributed by atoms with Gasteiger partial charge in [-0.15, -0.1) is 0 Å². The second kappa shape index (κ2) is 3.34. The van der Waals surface area contributed by atoms with Gasteiger partial charge < -0.3 is 10.7 Å². The fourth-order valence-electron chi connectivity index (χ4n) is 1.74. The molecule has 1 aromatic carbocycles. The third kappa shape index (κ3) is 1.40. The van der Waals surface area contributed by atoms with E-state index in [2.05, 4.69) is 21.0 Å². The second-order valence-electron chi connectivity index (χ2n) is 3.61. The number of nitrogens with one attached hydrogen (secondary N) is 1. The normalized spacial score (nSPS) is 10.8. The van der Waals surface area contributed by atoms with E-state index in [-0.39, 0.29) is 0 Å². The lowest BCUT2D eigenvalue weighted by Gasteiger charge is -2.01. The molecule has 0 aliphatic heterocycles. The molecule has 0 saturated carbocycles. The van der Waals surface area contributed by atoms with Gasteiger partial charge in [0.2, 0.25) is 0 Å². The molecular formula is C12H10N4. The Morgan fingerprint density at radius 3 is 2.88 bits per heavy atom. The summed E-state index contributed by atoms with van der Waals surface area (Å²) in [5.41, 5.74) is 8.63. The van der Waals surface area contributed by atoms with E-state index in [1.807, 2.05) is 24.4 Å². The highest BCUT2D eigenvalue weighted by Gasteiger charge is 2.02. The number of hydrogen-bond acceptors (Lipinski definition) is 3. The average Bonchev–Trinajstić information content (AvgIpc) is 2.75. The molecule has 3 aromatic rings. The number of anilines is 1. The van der Waals surface area contributed by atoms with Gasteiger partial charge >= 0.3 is 0 Å². The Kier molecular flexibility index (Phi) is 1.86. The summed E-state index contributed by atoms with van der Waals surface area (Å²) in [6, 6.07) is 9.92. The molecule has 3 rings (SSSR count). The van der Waals surface area contributed by atoms with Gasteiger partial charge in [0, 0.05) is 28.7 Å². The summed E-state index contributed by atoms with van der Waals surface area (Å²) >= 11 is 0. The summed E-state index contributed by atoms with van der Waals surface area (Å²) in [6.45, 7) is 0. The summed E-state index contributed by atoms with van der Waals surface area (Å²) in [5.74, 6) is 0.485. The lowest BCUT2D eigenvalue weighted by atomic mass is 10.1. The van der Waals surface area contributed by atoms with Crippen molar-refractivity contribution >= 4 is 16.7 Å². The number of nitrogens with two attached hydrogens (primary N) is 1. The number of aromatic nitrogens is 3. The molecule has 0 aliphatic carbocycles. The Balaban J connectivity index is 2.18. The van der Waals surface area contributed by atoms with Crippen molar-refractivity contribution in [3.8, 4) is 11.3 Å². The molecule has 0 fully saturated rings. The van der Waals surface area contributed by atoms with Gasteiger partial charge in [0.25, 0.3) is 0 Å². The van der Waals surface area contributed by atoms with Crippen LogP contribution >= 0.6 is 0 Å². The number of fused-ring (bicyclic) bond motifs is 1. The predicted molar refractivity (Wildman–Crippen MR) is 63.7 cm³/mol. The maximum Gasteiger partial charge on any atom is 0.127 e. The van der Waals surface area contributed by atoms with E-state index >= 15 is 0 Å². The zero-order chi connectivity index (χ0) is 11.0. The Morgan fingerprint density at radius 2 is 2.00 bits per heavy atom. The van der Waals surface area contributed by atoms with Gasteiger partial charge in [-0.05, 0) is 18.2 Å². The molecule has 2 aromatic heterocycles. The van der Waals surface area contributed by atoms with Crippen LogP contribution in [0.4, 0.5) is 5.82 Å². The minimum absolute atomic E-state index is 0.485. The van der Waals surface area contributed by atoms with Crippen molar-refractivity contribution in [2.45, 2.75) is 0 Å². The SMILES string of the molecule is Nc1cc(-c2ccc3[nH]ccc3c2)ncn1. The van der Waals surface area contributed by atoms with Crippen LogP contribution in [-0.4, -0.2) is 15.0 Å². The zero-order valence-corrected chi connectivity index (χ0v) is 8.51.